The molecule has 0 aliphatic heterocycles. The average Bonchev–Trinajstić information content (AvgIpc) is 2.68. The first-order valence-electron chi connectivity index (χ1n) is 5.03. The van der Waals surface area contributed by atoms with Crippen LogP contribution in [-0.4, -0.2) is 0 Å². The Morgan fingerprint density at radius 3 is 2.65 bits per heavy atom. The van der Waals surface area contributed by atoms with E-state index in [1.54, 1.807) is 11.3 Å². The molecule has 0 aliphatic carbocycles. The molecule has 90 valence electrons. The number of benzene rings is 1. The summed E-state index contributed by atoms with van der Waals surface area (Å²) in [4.78, 5) is 1.17. The lowest BCUT2D eigenvalue weighted by atomic mass is 10.2. The molecule has 0 spiro atoms. The maximum atomic E-state index is 13.3. The van der Waals surface area contributed by atoms with Crippen molar-refractivity contribution in [3.63, 3.8) is 0 Å². The lowest BCUT2D eigenvalue weighted by Gasteiger charge is -2.04. The minimum atomic E-state index is -0.548. The third kappa shape index (κ3) is 3.59. The summed E-state index contributed by atoms with van der Waals surface area (Å²) in [6.45, 7) is 1.06. The Morgan fingerprint density at radius 1 is 1.18 bits per heavy atom. The zero-order valence-corrected chi connectivity index (χ0v) is 11.2. The summed E-state index contributed by atoms with van der Waals surface area (Å²) in [6, 6.07) is 5.64. The van der Waals surface area contributed by atoms with E-state index in [9.17, 15) is 8.78 Å². The Labute approximate surface area is 111 Å². The second kappa shape index (κ2) is 5.71. The molecule has 1 aromatic carbocycles. The number of hydrogen-bond acceptors (Lipinski definition) is 2. The summed E-state index contributed by atoms with van der Waals surface area (Å²) in [5.74, 6) is -1.06. The molecule has 0 bridgehead atoms. The van der Waals surface area contributed by atoms with E-state index in [-0.39, 0.29) is 0 Å². The number of hydrogen-bond donors (Lipinski definition) is 1. The van der Waals surface area contributed by atoms with Crippen molar-refractivity contribution in [3.05, 3.63) is 56.2 Å². The van der Waals surface area contributed by atoms with Crippen LogP contribution in [0.3, 0.4) is 0 Å². The fourth-order valence-electron chi connectivity index (χ4n) is 1.43. The Morgan fingerprint density at radius 2 is 2.00 bits per heavy atom. The topological polar surface area (TPSA) is 12.0 Å². The monoisotopic (exact) mass is 317 g/mol. The Hall–Kier alpha value is -0.780. The molecule has 0 atom stereocenters. The molecule has 0 saturated heterocycles. The van der Waals surface area contributed by atoms with Crippen molar-refractivity contribution >= 4 is 27.3 Å². The van der Waals surface area contributed by atoms with Crippen LogP contribution in [0.5, 0.6) is 0 Å². The van der Waals surface area contributed by atoms with Gasteiger partial charge in [0.15, 0.2) is 0 Å². The standard InChI is InChI=1S/C12H10BrF2NS/c13-9-3-11(17-7-9)6-16-5-8-1-2-10(14)4-12(8)15/h1-4,7,16H,5-6H2. The van der Waals surface area contributed by atoms with E-state index in [2.05, 4.69) is 21.2 Å². The van der Waals surface area contributed by atoms with Crippen LogP contribution in [0.15, 0.2) is 34.1 Å². The van der Waals surface area contributed by atoms with Gasteiger partial charge in [0, 0.05) is 39.4 Å². The van der Waals surface area contributed by atoms with E-state index in [0.29, 0.717) is 18.7 Å². The van der Waals surface area contributed by atoms with Crippen LogP contribution >= 0.6 is 27.3 Å². The summed E-state index contributed by atoms with van der Waals surface area (Å²) < 4.78 is 27.0. The largest absolute Gasteiger partial charge is 0.308 e. The summed E-state index contributed by atoms with van der Waals surface area (Å²) in [6.07, 6.45) is 0. The van der Waals surface area contributed by atoms with Crippen LogP contribution in [0.2, 0.25) is 0 Å². The molecule has 2 aromatic rings. The molecule has 0 radical (unpaired) electrons. The van der Waals surface area contributed by atoms with Gasteiger partial charge in [-0.3, -0.25) is 0 Å². The highest BCUT2D eigenvalue weighted by Crippen LogP contribution is 2.19. The number of thiophene rings is 1. The van der Waals surface area contributed by atoms with Crippen LogP contribution in [-0.2, 0) is 13.1 Å². The predicted molar refractivity (Wildman–Crippen MR) is 68.9 cm³/mol. The third-order valence-corrected chi connectivity index (χ3v) is 3.95. The van der Waals surface area contributed by atoms with Gasteiger partial charge in [-0.05, 0) is 28.1 Å². The van der Waals surface area contributed by atoms with E-state index in [1.165, 1.54) is 17.0 Å². The van der Waals surface area contributed by atoms with E-state index in [4.69, 9.17) is 0 Å². The van der Waals surface area contributed by atoms with Crippen LogP contribution in [0, 0.1) is 11.6 Å². The van der Waals surface area contributed by atoms with Gasteiger partial charge in [-0.1, -0.05) is 6.07 Å². The molecule has 0 fully saturated rings. The molecule has 0 aliphatic rings. The lowest BCUT2D eigenvalue weighted by molar-refractivity contribution is 0.560. The van der Waals surface area contributed by atoms with Crippen molar-refractivity contribution in [2.75, 3.05) is 0 Å². The van der Waals surface area contributed by atoms with Gasteiger partial charge in [0.1, 0.15) is 11.6 Å². The van der Waals surface area contributed by atoms with Crippen molar-refractivity contribution in [3.8, 4) is 0 Å². The van der Waals surface area contributed by atoms with Gasteiger partial charge in [0.2, 0.25) is 0 Å². The Bertz CT molecular complexity index is 513. The maximum Gasteiger partial charge on any atom is 0.130 e. The van der Waals surface area contributed by atoms with Crippen molar-refractivity contribution in [2.24, 2.45) is 0 Å². The van der Waals surface area contributed by atoms with Crippen molar-refractivity contribution < 1.29 is 8.78 Å². The molecule has 1 nitrogen and oxygen atoms in total. The van der Waals surface area contributed by atoms with Gasteiger partial charge in [0.05, 0.1) is 0 Å². The van der Waals surface area contributed by atoms with Crippen molar-refractivity contribution in [1.29, 1.82) is 0 Å². The van der Waals surface area contributed by atoms with Crippen LogP contribution in [0.4, 0.5) is 8.78 Å². The van der Waals surface area contributed by atoms with E-state index in [1.807, 2.05) is 11.4 Å². The van der Waals surface area contributed by atoms with Crippen LogP contribution < -0.4 is 5.32 Å². The zero-order chi connectivity index (χ0) is 12.3. The first-order chi connectivity index (χ1) is 8.15. The molecular weight excluding hydrogens is 308 g/mol. The molecule has 0 amide bonds. The first kappa shape index (κ1) is 12.7. The van der Waals surface area contributed by atoms with Gasteiger partial charge in [-0.2, -0.15) is 0 Å². The molecule has 1 heterocycles. The van der Waals surface area contributed by atoms with Gasteiger partial charge < -0.3 is 5.32 Å². The fourth-order valence-corrected chi connectivity index (χ4v) is 2.85. The molecule has 2 rings (SSSR count). The summed E-state index contributed by atoms with van der Waals surface area (Å²) in [5, 5.41) is 5.11. The quantitative estimate of drug-likeness (QED) is 0.896. The predicted octanol–water partition coefficient (Wildman–Crippen LogP) is 4.08. The molecule has 17 heavy (non-hydrogen) atoms. The highest BCUT2D eigenvalue weighted by atomic mass is 79.9. The highest BCUT2D eigenvalue weighted by Gasteiger charge is 2.03. The minimum Gasteiger partial charge on any atom is -0.308 e. The summed E-state index contributed by atoms with van der Waals surface area (Å²) in [7, 11) is 0. The Balaban J connectivity index is 1.90. The lowest BCUT2D eigenvalue weighted by Crippen LogP contribution is -2.12. The number of halogens is 3. The first-order valence-corrected chi connectivity index (χ1v) is 6.70. The van der Waals surface area contributed by atoms with Crippen LogP contribution in [0.25, 0.3) is 0 Å². The minimum absolute atomic E-state index is 0.391. The maximum absolute atomic E-state index is 13.3. The van der Waals surface area contributed by atoms with Gasteiger partial charge >= 0.3 is 0 Å². The normalized spacial score (nSPS) is 10.8. The van der Waals surface area contributed by atoms with Crippen molar-refractivity contribution in [2.45, 2.75) is 13.1 Å². The third-order valence-electron chi connectivity index (χ3n) is 2.25. The van der Waals surface area contributed by atoms with Gasteiger partial charge in [0.25, 0.3) is 0 Å². The molecule has 1 N–H and O–H groups in total. The molecule has 0 saturated carbocycles. The Kier molecular flexibility index (Phi) is 4.25. The molecule has 1 aromatic heterocycles. The summed E-state index contributed by atoms with van der Waals surface area (Å²) >= 11 is 5.00. The number of rotatable bonds is 4. The fraction of sp³-hybridized carbons (Fsp3) is 0.167. The second-order valence-corrected chi connectivity index (χ2v) is 5.48. The SMILES string of the molecule is Fc1ccc(CNCc2cc(Br)cs2)c(F)c1. The van der Waals surface area contributed by atoms with Crippen LogP contribution in [0.1, 0.15) is 10.4 Å². The van der Waals surface area contributed by atoms with E-state index < -0.39 is 11.6 Å². The number of nitrogens with one attached hydrogen (secondary N) is 1. The van der Waals surface area contributed by atoms with E-state index in [0.717, 1.165) is 10.5 Å². The smallest absolute Gasteiger partial charge is 0.130 e. The van der Waals surface area contributed by atoms with Crippen molar-refractivity contribution in [1.82, 2.24) is 5.32 Å². The van der Waals surface area contributed by atoms with Gasteiger partial charge in [-0.15, -0.1) is 11.3 Å². The zero-order valence-electron chi connectivity index (χ0n) is 8.84. The van der Waals surface area contributed by atoms with Gasteiger partial charge in [-0.25, -0.2) is 8.78 Å². The molecule has 5 heteroatoms. The molecular formula is C12H10BrF2NS. The highest BCUT2D eigenvalue weighted by molar-refractivity contribution is 9.10. The average molecular weight is 318 g/mol. The molecule has 0 unspecified atom stereocenters. The van der Waals surface area contributed by atoms with E-state index >= 15 is 0 Å². The summed E-state index contributed by atoms with van der Waals surface area (Å²) in [5.41, 5.74) is 0.474. The second-order valence-electron chi connectivity index (χ2n) is 3.57.